The summed E-state index contributed by atoms with van der Waals surface area (Å²) in [6, 6.07) is 30.5. The molecule has 0 saturated carbocycles. The quantitative estimate of drug-likeness (QED) is 0.206. The topological polar surface area (TPSA) is 48.0 Å². The number of fused-ring (bicyclic) bond motifs is 13. The molecule has 0 aliphatic heterocycles. The second-order valence-electron chi connectivity index (χ2n) is 11.9. The molecule has 8 aromatic rings. The molecule has 0 unspecified atom stereocenters. The van der Waals surface area contributed by atoms with Gasteiger partial charge < -0.3 is 0 Å². The van der Waals surface area contributed by atoms with Gasteiger partial charge in [-0.15, -0.1) is 0 Å². The average molecular weight is 578 g/mol. The number of aromatic nitrogens is 5. The number of benzene rings is 3. The highest BCUT2D eigenvalue weighted by Crippen LogP contribution is 2.37. The van der Waals surface area contributed by atoms with Gasteiger partial charge in [-0.05, 0) is 65.6 Å². The Labute approximate surface area is 258 Å². The molecule has 0 radical (unpaired) electrons. The number of rotatable bonds is 2. The van der Waals surface area contributed by atoms with E-state index in [1.165, 1.54) is 38.4 Å². The molecular formula is C40H27N5. The second kappa shape index (κ2) is 9.34. The Kier molecular flexibility index (Phi) is 5.11. The second-order valence-corrected chi connectivity index (χ2v) is 11.9. The standard InChI is InChI=1S/C40H27N5/c1-2-10-25(11-3-1)27-15-9-16-28-26-12-8-17-31-29-13-4-6-18-33(29)44(35(31)22-26)37-23-38(43-40(42-37)39(27)28)45-34-19-7-5-14-30(34)32-20-21-41-24-36(32)45/h2,4-11,13-24H,1,3,12H2. The molecule has 5 heterocycles. The fraction of sp³-hybridized carbons (Fsp3) is 0.0750. The summed E-state index contributed by atoms with van der Waals surface area (Å²) in [6.07, 6.45) is 18.2. The highest BCUT2D eigenvalue weighted by Gasteiger charge is 2.20. The number of allylic oxidation sites excluding steroid dienone is 5. The summed E-state index contributed by atoms with van der Waals surface area (Å²) in [5.74, 6) is 0.824. The Morgan fingerprint density at radius 1 is 0.644 bits per heavy atom. The van der Waals surface area contributed by atoms with Gasteiger partial charge in [0, 0.05) is 39.4 Å². The van der Waals surface area contributed by atoms with Crippen molar-refractivity contribution in [1.82, 2.24) is 23.9 Å². The maximum atomic E-state index is 5.45. The lowest BCUT2D eigenvalue weighted by Crippen LogP contribution is -2.01. The molecule has 0 saturated heterocycles. The largest absolute Gasteiger partial charge is 0.294 e. The van der Waals surface area contributed by atoms with Crippen molar-refractivity contribution in [3.05, 3.63) is 138 Å². The van der Waals surface area contributed by atoms with E-state index >= 15 is 0 Å². The third-order valence-electron chi connectivity index (χ3n) is 9.46. The first-order valence-corrected chi connectivity index (χ1v) is 15.6. The lowest BCUT2D eigenvalue weighted by molar-refractivity contribution is 1.04. The van der Waals surface area contributed by atoms with Gasteiger partial charge >= 0.3 is 0 Å². The van der Waals surface area contributed by atoms with Gasteiger partial charge in [-0.25, -0.2) is 9.97 Å². The highest BCUT2D eigenvalue weighted by molar-refractivity contribution is 6.10. The Bertz CT molecular complexity index is 2630. The van der Waals surface area contributed by atoms with Crippen LogP contribution in [0, 0.1) is 0 Å². The van der Waals surface area contributed by atoms with Crippen LogP contribution in [0.2, 0.25) is 0 Å². The zero-order chi connectivity index (χ0) is 29.5. The highest BCUT2D eigenvalue weighted by atomic mass is 15.1. The summed E-state index contributed by atoms with van der Waals surface area (Å²) in [6.45, 7) is 0. The summed E-state index contributed by atoms with van der Waals surface area (Å²) >= 11 is 0. The third kappa shape index (κ3) is 3.52. The molecule has 0 fully saturated rings. The van der Waals surface area contributed by atoms with E-state index in [9.17, 15) is 0 Å². The van der Waals surface area contributed by atoms with Gasteiger partial charge in [-0.3, -0.25) is 14.0 Å². The Morgan fingerprint density at radius 2 is 1.49 bits per heavy atom. The van der Waals surface area contributed by atoms with Crippen LogP contribution in [-0.4, -0.2) is 23.9 Å². The first-order valence-electron chi connectivity index (χ1n) is 15.6. The van der Waals surface area contributed by atoms with Gasteiger partial charge in [0.2, 0.25) is 0 Å². The molecule has 2 aliphatic rings. The predicted molar refractivity (Wildman–Crippen MR) is 186 cm³/mol. The van der Waals surface area contributed by atoms with E-state index in [-0.39, 0.29) is 0 Å². The van der Waals surface area contributed by atoms with Crippen LogP contribution >= 0.6 is 0 Å². The number of para-hydroxylation sites is 2. The van der Waals surface area contributed by atoms with Gasteiger partial charge in [0.1, 0.15) is 11.5 Å². The van der Waals surface area contributed by atoms with Crippen LogP contribution in [0.5, 0.6) is 0 Å². The van der Waals surface area contributed by atoms with Crippen LogP contribution in [0.3, 0.4) is 0 Å². The summed E-state index contributed by atoms with van der Waals surface area (Å²) in [5.41, 5.74) is 10.9. The van der Waals surface area contributed by atoms with Crippen molar-refractivity contribution in [3.8, 4) is 5.82 Å². The molecule has 4 bridgehead atoms. The van der Waals surface area contributed by atoms with Crippen molar-refractivity contribution in [2.45, 2.75) is 19.3 Å². The van der Waals surface area contributed by atoms with Crippen LogP contribution in [-0.2, 0) is 6.42 Å². The van der Waals surface area contributed by atoms with E-state index in [1.54, 1.807) is 0 Å². The summed E-state index contributed by atoms with van der Waals surface area (Å²) < 4.78 is 4.57. The SMILES string of the molecule is C1=CC(c2cccc3c4cc5c(c6ccccc6n5c5cc(-n6c7ccccc7c7ccncc76)nc(n5)c23)C=CC4)=CCC1. The Balaban J connectivity index is 1.48. The van der Waals surface area contributed by atoms with E-state index in [0.717, 1.165) is 69.2 Å². The molecule has 0 atom stereocenters. The number of pyridine rings is 1. The van der Waals surface area contributed by atoms with Crippen LogP contribution in [0.4, 0.5) is 0 Å². The van der Waals surface area contributed by atoms with E-state index in [1.807, 2.05) is 12.4 Å². The molecule has 212 valence electrons. The van der Waals surface area contributed by atoms with Crippen molar-refractivity contribution in [2.24, 2.45) is 0 Å². The Hall–Kier alpha value is -5.81. The summed E-state index contributed by atoms with van der Waals surface area (Å²) in [7, 11) is 0. The first-order chi connectivity index (χ1) is 22.3. The summed E-state index contributed by atoms with van der Waals surface area (Å²) in [5, 5.41) is 5.81. The van der Waals surface area contributed by atoms with Crippen LogP contribution in [0.1, 0.15) is 29.5 Å². The number of hydrogen-bond donors (Lipinski definition) is 0. The number of hydrogen-bond acceptors (Lipinski definition) is 3. The van der Waals surface area contributed by atoms with Crippen molar-refractivity contribution < 1.29 is 0 Å². The predicted octanol–water partition coefficient (Wildman–Crippen LogP) is 9.55. The molecule has 3 aromatic carbocycles. The molecule has 5 nitrogen and oxygen atoms in total. The smallest absolute Gasteiger partial charge is 0.165 e. The van der Waals surface area contributed by atoms with Crippen molar-refractivity contribution in [1.29, 1.82) is 0 Å². The lowest BCUT2D eigenvalue weighted by Gasteiger charge is -2.13. The molecule has 0 amide bonds. The van der Waals surface area contributed by atoms with Crippen molar-refractivity contribution in [2.75, 3.05) is 0 Å². The van der Waals surface area contributed by atoms with Gasteiger partial charge in [-0.1, -0.05) is 85.0 Å². The van der Waals surface area contributed by atoms with Gasteiger partial charge in [-0.2, -0.15) is 0 Å². The maximum Gasteiger partial charge on any atom is 0.165 e. The minimum absolute atomic E-state index is 0.727. The van der Waals surface area contributed by atoms with Crippen LogP contribution in [0.25, 0.3) is 77.8 Å². The molecule has 45 heavy (non-hydrogen) atoms. The van der Waals surface area contributed by atoms with E-state index in [4.69, 9.17) is 9.97 Å². The molecule has 0 N–H and O–H groups in total. The average Bonchev–Trinajstić information content (AvgIpc) is 3.51. The molecule has 5 aromatic heterocycles. The zero-order valence-corrected chi connectivity index (χ0v) is 24.5. The van der Waals surface area contributed by atoms with Crippen molar-refractivity contribution in [3.63, 3.8) is 0 Å². The van der Waals surface area contributed by atoms with Crippen LogP contribution in [0.15, 0.2) is 122 Å². The van der Waals surface area contributed by atoms with E-state index in [2.05, 4.69) is 129 Å². The number of nitrogens with zero attached hydrogens (tertiary/aromatic N) is 5. The maximum absolute atomic E-state index is 5.45. The third-order valence-corrected chi connectivity index (χ3v) is 9.46. The minimum Gasteiger partial charge on any atom is -0.294 e. The van der Waals surface area contributed by atoms with Crippen LogP contribution < -0.4 is 0 Å². The monoisotopic (exact) mass is 577 g/mol. The van der Waals surface area contributed by atoms with Gasteiger partial charge in [0.15, 0.2) is 5.65 Å². The lowest BCUT2D eigenvalue weighted by atomic mass is 9.93. The minimum atomic E-state index is 0.727. The molecule has 0 spiro atoms. The first kappa shape index (κ1) is 24.6. The Morgan fingerprint density at radius 3 is 2.40 bits per heavy atom. The summed E-state index contributed by atoms with van der Waals surface area (Å²) in [4.78, 5) is 15.4. The fourth-order valence-corrected chi connectivity index (χ4v) is 7.51. The zero-order valence-electron chi connectivity index (χ0n) is 24.5. The molecular weight excluding hydrogens is 550 g/mol. The molecule has 10 rings (SSSR count). The van der Waals surface area contributed by atoms with Gasteiger partial charge in [0.25, 0.3) is 0 Å². The molecule has 2 aliphatic carbocycles. The normalized spacial score (nSPS) is 14.4. The molecule has 5 heteroatoms. The van der Waals surface area contributed by atoms with E-state index in [0.29, 0.717) is 0 Å². The fourth-order valence-electron chi connectivity index (χ4n) is 7.51. The van der Waals surface area contributed by atoms with Gasteiger partial charge in [0.05, 0.1) is 28.3 Å². The van der Waals surface area contributed by atoms with Crippen molar-refractivity contribution >= 4 is 71.9 Å². The van der Waals surface area contributed by atoms with E-state index < -0.39 is 0 Å².